The number of unbranched alkanes of at least 4 members (excludes halogenated alkanes) is 3. The van der Waals surface area contributed by atoms with Crippen LogP contribution < -0.4 is 16.0 Å². The molecular formula is C19H22BN7O2. The van der Waals surface area contributed by atoms with Gasteiger partial charge in [-0.3, -0.25) is 19.9 Å². The van der Waals surface area contributed by atoms with E-state index in [1.165, 1.54) is 6.07 Å². The van der Waals surface area contributed by atoms with Gasteiger partial charge in [-0.15, -0.1) is 0 Å². The molecule has 1 aromatic heterocycles. The van der Waals surface area contributed by atoms with Crippen molar-refractivity contribution in [2.45, 2.75) is 32.2 Å². The summed E-state index contributed by atoms with van der Waals surface area (Å²) in [5, 5.41) is 23.9. The lowest BCUT2D eigenvalue weighted by Crippen LogP contribution is -2.35. The number of carbonyl (C=O) groups excluding carboxylic acids is 2. The number of aryl methyl sites for hydroxylation is 1. The van der Waals surface area contributed by atoms with Crippen LogP contribution in [-0.2, 0) is 11.3 Å². The van der Waals surface area contributed by atoms with Gasteiger partial charge in [0.2, 0.25) is 6.41 Å². The molecule has 29 heavy (non-hydrogen) atoms. The number of fused-ring (bicyclic) bond motifs is 1. The molecule has 0 bridgehead atoms. The van der Waals surface area contributed by atoms with Gasteiger partial charge in [0.05, 0.1) is 22.2 Å². The number of hydrogen-bond donors (Lipinski definition) is 2. The number of nitrogens with zero attached hydrogens (tertiary/aromatic N) is 5. The molecule has 2 aromatic rings. The van der Waals surface area contributed by atoms with Crippen molar-refractivity contribution in [2.75, 3.05) is 13.6 Å². The summed E-state index contributed by atoms with van der Waals surface area (Å²) in [7, 11) is 3.46. The van der Waals surface area contributed by atoms with Crippen molar-refractivity contribution in [3.63, 3.8) is 0 Å². The predicted octanol–water partition coefficient (Wildman–Crippen LogP) is -0.106. The summed E-state index contributed by atoms with van der Waals surface area (Å²) in [5.74, 6) is -0.673. The fourth-order valence-corrected chi connectivity index (χ4v) is 3.13. The monoisotopic (exact) mass is 391 g/mol. The molecule has 0 aliphatic heterocycles. The second-order valence-electron chi connectivity index (χ2n) is 6.38. The highest BCUT2D eigenvalue weighted by Crippen LogP contribution is 2.18. The Morgan fingerprint density at radius 2 is 1.93 bits per heavy atom. The third-order valence-electron chi connectivity index (χ3n) is 4.52. The Morgan fingerprint density at radius 3 is 2.55 bits per heavy atom. The topological polar surface area (TPSA) is 136 Å². The summed E-state index contributed by atoms with van der Waals surface area (Å²) in [6.07, 6.45) is 4.24. The van der Waals surface area contributed by atoms with Crippen LogP contribution >= 0.6 is 0 Å². The molecule has 1 aromatic carbocycles. The molecule has 0 aliphatic rings. The van der Waals surface area contributed by atoms with Crippen LogP contribution in [0, 0.1) is 22.7 Å². The zero-order valence-corrected chi connectivity index (χ0v) is 16.5. The number of carbonyl (C=O) groups is 2. The quantitative estimate of drug-likeness (QED) is 0.348. The molecule has 0 unspecified atom stereocenters. The molecule has 0 atom stereocenters. The molecule has 0 aliphatic carbocycles. The highest BCUT2D eigenvalue weighted by atomic mass is 16.2. The van der Waals surface area contributed by atoms with E-state index in [1.807, 2.05) is 24.7 Å². The van der Waals surface area contributed by atoms with E-state index in [-0.39, 0.29) is 16.8 Å². The van der Waals surface area contributed by atoms with Gasteiger partial charge in [0.1, 0.15) is 12.1 Å². The van der Waals surface area contributed by atoms with Gasteiger partial charge in [0.15, 0.2) is 19.2 Å². The molecule has 0 saturated heterocycles. The van der Waals surface area contributed by atoms with E-state index in [4.69, 9.17) is 0 Å². The van der Waals surface area contributed by atoms with Gasteiger partial charge in [-0.1, -0.05) is 12.8 Å². The first-order chi connectivity index (χ1) is 14.1. The zero-order chi connectivity index (χ0) is 21.2. The van der Waals surface area contributed by atoms with E-state index in [1.54, 1.807) is 13.1 Å². The summed E-state index contributed by atoms with van der Waals surface area (Å²) >= 11 is 0. The van der Waals surface area contributed by atoms with Crippen LogP contribution in [0.15, 0.2) is 17.1 Å². The van der Waals surface area contributed by atoms with Gasteiger partial charge < -0.3 is 9.79 Å². The largest absolute Gasteiger partial charge is 0.362 e. The average Bonchev–Trinajstić information content (AvgIpc) is 2.74. The van der Waals surface area contributed by atoms with Crippen molar-refractivity contribution in [3.8, 4) is 12.1 Å². The standard InChI is InChI=1S/C19H22BN7O2/c1-23-18-17(19(29)24-12-28)26-15-8-13(10-21)14(11-22)9-16(15)27(18)7-5-3-2-4-6-25-20/h8-9,12,25H,2-7,20H2,1H3,(H,24,28,29)/b23-18+. The van der Waals surface area contributed by atoms with E-state index in [0.29, 0.717) is 29.5 Å². The lowest BCUT2D eigenvalue weighted by Gasteiger charge is -2.15. The molecule has 2 N–H and O–H groups in total. The highest BCUT2D eigenvalue weighted by molar-refractivity contribution is 6.04. The first kappa shape index (κ1) is 21.8. The van der Waals surface area contributed by atoms with Crippen LogP contribution in [0.25, 0.3) is 11.0 Å². The van der Waals surface area contributed by atoms with Gasteiger partial charge >= 0.3 is 0 Å². The van der Waals surface area contributed by atoms with E-state index < -0.39 is 5.91 Å². The summed E-state index contributed by atoms with van der Waals surface area (Å²) < 4.78 is 1.82. The van der Waals surface area contributed by atoms with Crippen molar-refractivity contribution < 1.29 is 9.59 Å². The molecular weight excluding hydrogens is 369 g/mol. The second kappa shape index (κ2) is 10.7. The summed E-state index contributed by atoms with van der Waals surface area (Å²) in [5.41, 5.74) is 1.72. The Bertz CT molecular complexity index is 1060. The highest BCUT2D eigenvalue weighted by Gasteiger charge is 2.17. The van der Waals surface area contributed by atoms with Crippen molar-refractivity contribution in [1.29, 1.82) is 10.5 Å². The van der Waals surface area contributed by atoms with Crippen LogP contribution in [0.5, 0.6) is 0 Å². The lowest BCUT2D eigenvalue weighted by molar-refractivity contribution is -0.108. The molecule has 0 fully saturated rings. The Hall–Kier alpha value is -3.50. The minimum atomic E-state index is -0.673. The fourth-order valence-electron chi connectivity index (χ4n) is 3.13. The maximum absolute atomic E-state index is 12.3. The first-order valence-corrected chi connectivity index (χ1v) is 9.32. The number of benzene rings is 1. The van der Waals surface area contributed by atoms with Crippen LogP contribution in [0.4, 0.5) is 0 Å². The molecule has 0 saturated carbocycles. The van der Waals surface area contributed by atoms with Gasteiger partial charge in [-0.05, 0) is 31.5 Å². The number of aromatic nitrogens is 2. The normalized spacial score (nSPS) is 11.1. The van der Waals surface area contributed by atoms with Gasteiger partial charge in [-0.2, -0.15) is 10.5 Å². The second-order valence-corrected chi connectivity index (χ2v) is 6.38. The van der Waals surface area contributed by atoms with Crippen LogP contribution in [0.1, 0.15) is 47.3 Å². The Morgan fingerprint density at radius 1 is 1.24 bits per heavy atom. The van der Waals surface area contributed by atoms with Crippen molar-refractivity contribution in [1.82, 2.24) is 20.1 Å². The van der Waals surface area contributed by atoms with Crippen LogP contribution in [0.2, 0.25) is 0 Å². The summed E-state index contributed by atoms with van der Waals surface area (Å²) in [4.78, 5) is 31.6. The van der Waals surface area contributed by atoms with Gasteiger partial charge in [-0.25, -0.2) is 4.98 Å². The Balaban J connectivity index is 2.59. The number of hydrogen-bond acceptors (Lipinski definition) is 7. The van der Waals surface area contributed by atoms with Gasteiger partial charge in [0, 0.05) is 13.6 Å². The number of amides is 2. The molecule has 2 rings (SSSR count). The number of rotatable bonds is 9. The van der Waals surface area contributed by atoms with E-state index in [2.05, 4.69) is 20.5 Å². The maximum Gasteiger partial charge on any atom is 0.280 e. The van der Waals surface area contributed by atoms with E-state index in [0.717, 1.165) is 32.2 Å². The lowest BCUT2D eigenvalue weighted by atomic mass is 10.1. The molecule has 0 radical (unpaired) electrons. The van der Waals surface area contributed by atoms with E-state index >= 15 is 0 Å². The average molecular weight is 391 g/mol. The molecule has 10 heteroatoms. The third kappa shape index (κ3) is 5.06. The number of nitriles is 2. The summed E-state index contributed by atoms with van der Waals surface area (Å²) in [6, 6.07) is 7.08. The minimum Gasteiger partial charge on any atom is -0.362 e. The van der Waals surface area contributed by atoms with E-state index in [9.17, 15) is 20.1 Å². The summed E-state index contributed by atoms with van der Waals surface area (Å²) in [6.45, 7) is 1.52. The van der Waals surface area contributed by atoms with Crippen molar-refractivity contribution in [3.05, 3.63) is 34.4 Å². The molecule has 9 nitrogen and oxygen atoms in total. The molecule has 2 amide bonds. The Labute approximate surface area is 169 Å². The van der Waals surface area contributed by atoms with Crippen molar-refractivity contribution >= 4 is 31.3 Å². The van der Waals surface area contributed by atoms with Crippen LogP contribution in [-0.4, -0.2) is 43.4 Å². The fraction of sp³-hybridized carbons (Fsp3) is 0.368. The van der Waals surface area contributed by atoms with Crippen molar-refractivity contribution in [2.24, 2.45) is 4.99 Å². The SMILES string of the molecule is BNCCCCCCn1/c(=N/C)c(C(=O)NC=O)nc2cc(C#N)c(C#N)cc21. The molecule has 1 heterocycles. The third-order valence-corrected chi connectivity index (χ3v) is 4.52. The first-order valence-electron chi connectivity index (χ1n) is 9.32. The number of imide groups is 1. The minimum absolute atomic E-state index is 0.00381. The number of nitrogens with one attached hydrogen (secondary N) is 2. The predicted molar refractivity (Wildman–Crippen MR) is 109 cm³/mol. The molecule has 0 spiro atoms. The Kier molecular flexibility index (Phi) is 8.07. The van der Waals surface area contributed by atoms with Crippen LogP contribution in [0.3, 0.4) is 0 Å². The smallest absolute Gasteiger partial charge is 0.280 e. The maximum atomic E-state index is 12.3. The molecule has 148 valence electrons. The zero-order valence-electron chi connectivity index (χ0n) is 16.5. The van der Waals surface area contributed by atoms with Gasteiger partial charge in [0.25, 0.3) is 5.91 Å².